The van der Waals surface area contributed by atoms with Crippen LogP contribution in [0.25, 0.3) is 0 Å². The average Bonchev–Trinajstić information content (AvgIpc) is 2.24. The van der Waals surface area contributed by atoms with Gasteiger partial charge < -0.3 is 5.32 Å². The van der Waals surface area contributed by atoms with Crippen LogP contribution < -0.4 is 5.32 Å². The molecule has 1 aliphatic heterocycles. The van der Waals surface area contributed by atoms with Gasteiger partial charge in [-0.2, -0.15) is 0 Å². The van der Waals surface area contributed by atoms with E-state index in [9.17, 15) is 0 Å². The lowest BCUT2D eigenvalue weighted by atomic mass is 10.3. The molecule has 1 rings (SSSR count). The first-order chi connectivity index (χ1) is 3.89. The highest BCUT2D eigenvalue weighted by atomic mass is 14.9. The SMILES string of the molecule is CC.C[C@@H]1CCCN1. The summed E-state index contributed by atoms with van der Waals surface area (Å²) < 4.78 is 0. The van der Waals surface area contributed by atoms with Gasteiger partial charge in [-0.3, -0.25) is 0 Å². The van der Waals surface area contributed by atoms with Crippen molar-refractivity contribution in [1.82, 2.24) is 5.32 Å². The molecule has 0 bridgehead atoms. The third kappa shape index (κ3) is 3.03. The van der Waals surface area contributed by atoms with E-state index in [1.165, 1.54) is 19.4 Å². The summed E-state index contributed by atoms with van der Waals surface area (Å²) in [5, 5.41) is 3.32. The first kappa shape index (κ1) is 7.96. The van der Waals surface area contributed by atoms with E-state index in [4.69, 9.17) is 0 Å². The van der Waals surface area contributed by atoms with E-state index in [0.29, 0.717) is 0 Å². The molecule has 0 unspecified atom stereocenters. The quantitative estimate of drug-likeness (QED) is 0.507. The topological polar surface area (TPSA) is 12.0 Å². The van der Waals surface area contributed by atoms with E-state index < -0.39 is 0 Å². The maximum absolute atomic E-state index is 3.32. The van der Waals surface area contributed by atoms with E-state index in [1.807, 2.05) is 13.8 Å². The van der Waals surface area contributed by atoms with Crippen molar-refractivity contribution < 1.29 is 0 Å². The third-order valence-corrected chi connectivity index (χ3v) is 1.31. The van der Waals surface area contributed by atoms with E-state index in [2.05, 4.69) is 12.2 Å². The molecule has 1 nitrogen and oxygen atoms in total. The Hall–Kier alpha value is -0.0400. The van der Waals surface area contributed by atoms with Crippen LogP contribution in [0.5, 0.6) is 0 Å². The van der Waals surface area contributed by atoms with Gasteiger partial charge in [-0.15, -0.1) is 0 Å². The zero-order valence-corrected chi connectivity index (χ0v) is 6.20. The Bertz CT molecular complexity index is 37.7. The molecule has 0 saturated carbocycles. The second kappa shape index (κ2) is 5.10. The van der Waals surface area contributed by atoms with Gasteiger partial charge in [0.05, 0.1) is 0 Å². The van der Waals surface area contributed by atoms with Crippen LogP contribution in [0.1, 0.15) is 33.6 Å². The maximum atomic E-state index is 3.32. The second-order valence-electron chi connectivity index (χ2n) is 2.00. The molecule has 0 spiro atoms. The van der Waals surface area contributed by atoms with Crippen LogP contribution >= 0.6 is 0 Å². The Kier molecular flexibility index (Phi) is 5.08. The minimum atomic E-state index is 0.796. The molecular weight excluding hydrogens is 98.1 g/mol. The van der Waals surface area contributed by atoms with E-state index in [1.54, 1.807) is 0 Å². The van der Waals surface area contributed by atoms with Crippen molar-refractivity contribution in [3.8, 4) is 0 Å². The lowest BCUT2D eigenvalue weighted by molar-refractivity contribution is 0.664. The predicted molar refractivity (Wildman–Crippen MR) is 38.0 cm³/mol. The van der Waals surface area contributed by atoms with Crippen molar-refractivity contribution in [3.63, 3.8) is 0 Å². The van der Waals surface area contributed by atoms with Crippen molar-refractivity contribution in [2.45, 2.75) is 39.7 Å². The fraction of sp³-hybridized carbons (Fsp3) is 1.00. The van der Waals surface area contributed by atoms with Crippen LogP contribution in [0.3, 0.4) is 0 Å². The van der Waals surface area contributed by atoms with Gasteiger partial charge in [-0.1, -0.05) is 13.8 Å². The monoisotopic (exact) mass is 115 g/mol. The summed E-state index contributed by atoms with van der Waals surface area (Å²) in [5.41, 5.74) is 0. The molecule has 1 atom stereocenters. The van der Waals surface area contributed by atoms with E-state index in [-0.39, 0.29) is 0 Å². The molecule has 1 heterocycles. The molecule has 1 aliphatic rings. The van der Waals surface area contributed by atoms with Crippen LogP contribution in [0, 0.1) is 0 Å². The Morgan fingerprint density at radius 3 is 2.12 bits per heavy atom. The van der Waals surface area contributed by atoms with Crippen molar-refractivity contribution in [2.24, 2.45) is 0 Å². The summed E-state index contributed by atoms with van der Waals surface area (Å²) in [6.07, 6.45) is 2.75. The van der Waals surface area contributed by atoms with Gasteiger partial charge in [-0.05, 0) is 26.3 Å². The Balaban J connectivity index is 0.000000222. The van der Waals surface area contributed by atoms with Crippen molar-refractivity contribution in [2.75, 3.05) is 6.54 Å². The normalized spacial score (nSPS) is 26.6. The summed E-state index contributed by atoms with van der Waals surface area (Å²) in [6.45, 7) is 7.47. The molecule has 1 N–H and O–H groups in total. The van der Waals surface area contributed by atoms with Crippen LogP contribution in [0.4, 0.5) is 0 Å². The number of hydrogen-bond acceptors (Lipinski definition) is 1. The minimum Gasteiger partial charge on any atom is -0.314 e. The summed E-state index contributed by atoms with van der Waals surface area (Å²) in [4.78, 5) is 0. The first-order valence-corrected chi connectivity index (χ1v) is 3.63. The number of nitrogens with one attached hydrogen (secondary N) is 1. The zero-order valence-electron chi connectivity index (χ0n) is 6.20. The molecule has 1 saturated heterocycles. The molecule has 0 aliphatic carbocycles. The maximum Gasteiger partial charge on any atom is 0.00391 e. The van der Waals surface area contributed by atoms with Crippen LogP contribution in [0.2, 0.25) is 0 Å². The fourth-order valence-corrected chi connectivity index (χ4v) is 0.859. The number of rotatable bonds is 0. The molecule has 0 radical (unpaired) electrons. The van der Waals surface area contributed by atoms with Crippen LogP contribution in [-0.4, -0.2) is 12.6 Å². The van der Waals surface area contributed by atoms with Gasteiger partial charge in [0.2, 0.25) is 0 Å². The van der Waals surface area contributed by atoms with Gasteiger partial charge in [0.1, 0.15) is 0 Å². The minimum absolute atomic E-state index is 0.796. The lowest BCUT2D eigenvalue weighted by Gasteiger charge is -1.95. The third-order valence-electron chi connectivity index (χ3n) is 1.31. The van der Waals surface area contributed by atoms with Gasteiger partial charge in [-0.25, -0.2) is 0 Å². The fourth-order valence-electron chi connectivity index (χ4n) is 0.859. The Morgan fingerprint density at radius 1 is 1.38 bits per heavy atom. The standard InChI is InChI=1S/C5H11N.C2H6/c1-5-3-2-4-6-5;1-2/h5-6H,2-4H2,1H3;1-2H3/t5-;/m1./s1. The van der Waals surface area contributed by atoms with Gasteiger partial charge in [0.15, 0.2) is 0 Å². The predicted octanol–water partition coefficient (Wildman–Crippen LogP) is 1.78. The summed E-state index contributed by atoms with van der Waals surface area (Å²) in [6, 6.07) is 0.796. The van der Waals surface area contributed by atoms with Crippen molar-refractivity contribution in [1.29, 1.82) is 0 Å². The molecule has 0 aromatic carbocycles. The molecule has 1 fully saturated rings. The summed E-state index contributed by atoms with van der Waals surface area (Å²) in [7, 11) is 0. The molecule has 0 aromatic rings. The molecule has 0 amide bonds. The highest BCUT2D eigenvalue weighted by Gasteiger charge is 2.05. The van der Waals surface area contributed by atoms with Gasteiger partial charge in [0, 0.05) is 6.04 Å². The lowest BCUT2D eigenvalue weighted by Crippen LogP contribution is -2.16. The molecule has 0 aromatic heterocycles. The first-order valence-electron chi connectivity index (χ1n) is 3.63. The van der Waals surface area contributed by atoms with Crippen LogP contribution in [-0.2, 0) is 0 Å². The largest absolute Gasteiger partial charge is 0.314 e. The van der Waals surface area contributed by atoms with E-state index in [0.717, 1.165) is 6.04 Å². The molecule has 1 heteroatoms. The highest BCUT2D eigenvalue weighted by Crippen LogP contribution is 2.01. The van der Waals surface area contributed by atoms with Crippen molar-refractivity contribution >= 4 is 0 Å². The van der Waals surface area contributed by atoms with Crippen molar-refractivity contribution in [3.05, 3.63) is 0 Å². The Morgan fingerprint density at radius 2 is 2.00 bits per heavy atom. The van der Waals surface area contributed by atoms with Gasteiger partial charge in [0.25, 0.3) is 0 Å². The van der Waals surface area contributed by atoms with E-state index >= 15 is 0 Å². The van der Waals surface area contributed by atoms with Crippen LogP contribution in [0.15, 0.2) is 0 Å². The second-order valence-corrected chi connectivity index (χ2v) is 2.00. The van der Waals surface area contributed by atoms with Gasteiger partial charge >= 0.3 is 0 Å². The summed E-state index contributed by atoms with van der Waals surface area (Å²) >= 11 is 0. The molecular formula is C7H17N. The Labute approximate surface area is 52.5 Å². The average molecular weight is 115 g/mol. The smallest absolute Gasteiger partial charge is 0.00391 e. The zero-order chi connectivity index (χ0) is 6.41. The number of hydrogen-bond donors (Lipinski definition) is 1. The summed E-state index contributed by atoms with van der Waals surface area (Å²) in [5.74, 6) is 0. The molecule has 8 heavy (non-hydrogen) atoms. The molecule has 50 valence electrons. The highest BCUT2D eigenvalue weighted by molar-refractivity contribution is 4.67.